The Bertz CT molecular complexity index is 279. The van der Waals surface area contributed by atoms with Gasteiger partial charge in [0.2, 0.25) is 0 Å². The molecule has 0 saturated heterocycles. The van der Waals surface area contributed by atoms with Crippen LogP contribution in [0.4, 0.5) is 0 Å². The molecule has 0 aliphatic heterocycles. The second kappa shape index (κ2) is 24.7. The van der Waals surface area contributed by atoms with E-state index in [0.717, 1.165) is 23.5 Å². The van der Waals surface area contributed by atoms with Gasteiger partial charge in [-0.15, -0.1) is 0 Å². The predicted molar refractivity (Wildman–Crippen MR) is 131 cm³/mol. The molecule has 0 aromatic rings. The first kappa shape index (κ1) is 27.7. The van der Waals surface area contributed by atoms with Crippen LogP contribution in [0.15, 0.2) is 0 Å². The molecule has 0 bridgehead atoms. The van der Waals surface area contributed by atoms with E-state index >= 15 is 0 Å². The van der Waals surface area contributed by atoms with Crippen molar-refractivity contribution in [3.63, 3.8) is 0 Å². The van der Waals surface area contributed by atoms with E-state index in [0.29, 0.717) is 0 Å². The summed E-state index contributed by atoms with van der Waals surface area (Å²) in [6.45, 7) is 3.09. The minimum absolute atomic E-state index is 0.691. The number of nitrogens with two attached hydrogens (primary N) is 1. The smallest absolute Gasteiger partial charge is 0.284 e. The minimum atomic E-state index is -1.05. The Balaban J connectivity index is 3.37. The Kier molecular flexibility index (Phi) is 25.4. The van der Waals surface area contributed by atoms with Crippen molar-refractivity contribution in [2.24, 2.45) is 5.73 Å². The van der Waals surface area contributed by atoms with Gasteiger partial charge in [0, 0.05) is 0 Å². The molecule has 1 unspecified atom stereocenters. The highest BCUT2D eigenvalue weighted by atomic mass is 28.4. The second-order valence-electron chi connectivity index (χ2n) is 7.83. The third kappa shape index (κ3) is 22.9. The Morgan fingerprint density at radius 2 is 1.19 bits per heavy atom. The highest BCUT2D eigenvalue weighted by Gasteiger charge is 2.11. The van der Waals surface area contributed by atoms with Crippen molar-refractivity contribution in [2.75, 3.05) is 6.54 Å². The van der Waals surface area contributed by atoms with E-state index in [2.05, 4.69) is 6.92 Å². The third-order valence-electron chi connectivity index (χ3n) is 5.20. The average Bonchev–Trinajstić information content (AvgIpc) is 2.68. The van der Waals surface area contributed by atoms with Gasteiger partial charge >= 0.3 is 0 Å². The lowest BCUT2D eigenvalue weighted by Gasteiger charge is -2.16. The normalized spacial score (nSPS) is 13.6. The summed E-state index contributed by atoms with van der Waals surface area (Å²) in [6.07, 6.45) is 21.1. The van der Waals surface area contributed by atoms with E-state index in [9.17, 15) is 0 Å². The molecule has 2 N–H and O–H groups in total. The molecule has 0 heterocycles. The summed E-state index contributed by atoms with van der Waals surface area (Å²) in [4.78, 5) is 0. The van der Waals surface area contributed by atoms with E-state index in [1.165, 1.54) is 102 Å². The van der Waals surface area contributed by atoms with Crippen LogP contribution in [0, 0.1) is 0 Å². The fourth-order valence-corrected chi connectivity index (χ4v) is 11.0. The van der Waals surface area contributed by atoms with Gasteiger partial charge in [-0.2, -0.15) is 0 Å². The summed E-state index contributed by atoms with van der Waals surface area (Å²) in [7, 11) is -1.69. The van der Waals surface area contributed by atoms with Crippen LogP contribution in [0.5, 0.6) is 0 Å². The molecule has 1 atom stereocenters. The quantitative estimate of drug-likeness (QED) is 0.192. The standard InChI is InChI=1S/C19H49NO3Si4/c1-2-3-4-5-6-7-8-9-10-11-12-13-14-15-18-27(19-16-17-20)23-26-22-25-21-24/h27H,2-20,25-26H2,1,24H3. The molecule has 0 aliphatic carbocycles. The zero-order chi connectivity index (χ0) is 19.8. The zero-order valence-corrected chi connectivity index (χ0v) is 24.5. The average molecular weight is 452 g/mol. The SMILES string of the molecule is CCCCCCCCCCCCCCCC[SiH](CCCN)O[SiH2]O[SiH2]O[SiH3]. The molecular weight excluding hydrogens is 403 g/mol. The Morgan fingerprint density at radius 3 is 1.67 bits per heavy atom. The monoisotopic (exact) mass is 451 g/mol. The van der Waals surface area contributed by atoms with Crippen LogP contribution in [0.2, 0.25) is 12.1 Å². The maximum Gasteiger partial charge on any atom is 0.284 e. The van der Waals surface area contributed by atoms with Gasteiger partial charge < -0.3 is 18.1 Å². The van der Waals surface area contributed by atoms with Crippen LogP contribution in [-0.2, 0) is 12.3 Å². The van der Waals surface area contributed by atoms with Gasteiger partial charge in [0.25, 0.3) is 20.0 Å². The van der Waals surface area contributed by atoms with Gasteiger partial charge in [0.05, 0.1) is 0 Å². The van der Waals surface area contributed by atoms with Crippen LogP contribution in [0.25, 0.3) is 0 Å². The highest BCUT2D eigenvalue weighted by molar-refractivity contribution is 6.58. The van der Waals surface area contributed by atoms with E-state index in [1.807, 2.05) is 0 Å². The largest absolute Gasteiger partial charge is 0.449 e. The number of rotatable bonds is 23. The van der Waals surface area contributed by atoms with Crippen molar-refractivity contribution in [3.05, 3.63) is 0 Å². The number of hydrogen-bond donors (Lipinski definition) is 1. The Labute approximate surface area is 179 Å². The Hall–Kier alpha value is 0.708. The topological polar surface area (TPSA) is 53.7 Å². The lowest BCUT2D eigenvalue weighted by Crippen LogP contribution is -2.24. The molecule has 4 nitrogen and oxygen atoms in total. The van der Waals surface area contributed by atoms with Gasteiger partial charge in [0.15, 0.2) is 9.04 Å². The first-order valence-corrected chi connectivity index (χ1v) is 17.0. The van der Waals surface area contributed by atoms with E-state index in [-0.39, 0.29) is 0 Å². The second-order valence-corrected chi connectivity index (χ2v) is 16.0. The summed E-state index contributed by atoms with van der Waals surface area (Å²) in [6, 6.07) is 2.55. The summed E-state index contributed by atoms with van der Waals surface area (Å²) < 4.78 is 16.9. The van der Waals surface area contributed by atoms with Gasteiger partial charge in [-0.05, 0) is 25.1 Å². The summed E-state index contributed by atoms with van der Waals surface area (Å²) >= 11 is 0. The first-order chi connectivity index (χ1) is 13.3. The molecule has 0 aliphatic rings. The summed E-state index contributed by atoms with van der Waals surface area (Å²) in [5.41, 5.74) is 5.67. The lowest BCUT2D eigenvalue weighted by atomic mass is 10.0. The number of hydrogen-bond acceptors (Lipinski definition) is 4. The van der Waals surface area contributed by atoms with Crippen molar-refractivity contribution >= 4 is 39.5 Å². The molecule has 0 fully saturated rings. The third-order valence-corrected chi connectivity index (χ3v) is 12.0. The maximum atomic E-state index is 6.13. The fraction of sp³-hybridized carbons (Fsp3) is 1.00. The molecule has 0 aromatic carbocycles. The highest BCUT2D eigenvalue weighted by Crippen LogP contribution is 2.15. The zero-order valence-electron chi connectivity index (χ0n) is 18.5. The minimum Gasteiger partial charge on any atom is -0.449 e. The molecular formula is C19H49NO3Si4. The van der Waals surface area contributed by atoms with Gasteiger partial charge in [-0.25, -0.2) is 0 Å². The summed E-state index contributed by atoms with van der Waals surface area (Å²) in [5.74, 6) is 0. The molecule has 0 radical (unpaired) electrons. The van der Waals surface area contributed by atoms with Crippen LogP contribution in [0.1, 0.15) is 103 Å². The molecule has 0 saturated carbocycles. The van der Waals surface area contributed by atoms with Crippen LogP contribution >= 0.6 is 0 Å². The van der Waals surface area contributed by atoms with Crippen molar-refractivity contribution in [1.82, 2.24) is 0 Å². The summed E-state index contributed by atoms with van der Waals surface area (Å²) in [5, 5.41) is 0. The van der Waals surface area contributed by atoms with E-state index in [1.54, 1.807) is 0 Å². The van der Waals surface area contributed by atoms with Crippen molar-refractivity contribution in [1.29, 1.82) is 0 Å². The van der Waals surface area contributed by atoms with Crippen LogP contribution in [0.3, 0.4) is 0 Å². The fourth-order valence-electron chi connectivity index (χ4n) is 3.48. The molecule has 8 heteroatoms. The van der Waals surface area contributed by atoms with Gasteiger partial charge in [0.1, 0.15) is 10.5 Å². The number of unbranched alkanes of at least 4 members (excludes halogenated alkanes) is 13. The van der Waals surface area contributed by atoms with Crippen molar-refractivity contribution < 1.29 is 12.3 Å². The van der Waals surface area contributed by atoms with E-state index in [4.69, 9.17) is 18.1 Å². The molecule has 164 valence electrons. The lowest BCUT2D eigenvalue weighted by molar-refractivity contribution is 0.428. The maximum absolute atomic E-state index is 6.13. The molecule has 0 aromatic heterocycles. The Morgan fingerprint density at radius 1 is 0.704 bits per heavy atom. The van der Waals surface area contributed by atoms with E-state index < -0.39 is 29.1 Å². The van der Waals surface area contributed by atoms with Crippen LogP contribution < -0.4 is 5.73 Å². The first-order valence-electron chi connectivity index (χ1n) is 11.7. The molecule has 0 spiro atoms. The molecule has 27 heavy (non-hydrogen) atoms. The van der Waals surface area contributed by atoms with Crippen molar-refractivity contribution in [3.8, 4) is 0 Å². The van der Waals surface area contributed by atoms with Gasteiger partial charge in [-0.1, -0.05) is 96.8 Å². The molecule has 0 amide bonds. The van der Waals surface area contributed by atoms with Crippen LogP contribution in [-0.4, -0.2) is 46.1 Å². The van der Waals surface area contributed by atoms with Crippen molar-refractivity contribution in [2.45, 2.75) is 115 Å². The predicted octanol–water partition coefficient (Wildman–Crippen LogP) is 2.87. The molecule has 0 rings (SSSR count). The van der Waals surface area contributed by atoms with Gasteiger partial charge in [-0.3, -0.25) is 0 Å².